The zero-order chi connectivity index (χ0) is 19.2. The Bertz CT molecular complexity index is 891. The summed E-state index contributed by atoms with van der Waals surface area (Å²) in [5.74, 6) is 0.554. The van der Waals surface area contributed by atoms with Crippen LogP contribution in [0.4, 0.5) is 0 Å². The molecule has 0 radical (unpaired) electrons. The van der Waals surface area contributed by atoms with Gasteiger partial charge in [-0.3, -0.25) is 4.79 Å². The smallest absolute Gasteiger partial charge is 0.224 e. The monoisotopic (exact) mass is 370 g/mol. The predicted octanol–water partition coefficient (Wildman–Crippen LogP) is 4.36. The van der Waals surface area contributed by atoms with Crippen molar-refractivity contribution >= 4 is 5.91 Å². The second-order valence-electron chi connectivity index (χ2n) is 7.48. The van der Waals surface area contributed by atoms with E-state index in [4.69, 9.17) is 0 Å². The van der Waals surface area contributed by atoms with E-state index in [1.807, 2.05) is 24.3 Å². The minimum Gasteiger partial charge on any atom is -0.352 e. The molecule has 2 unspecified atom stereocenters. The number of nitrogens with one attached hydrogen (secondary N) is 2. The lowest BCUT2D eigenvalue weighted by molar-refractivity contribution is -0.125. The molecular weight excluding hydrogens is 344 g/mol. The summed E-state index contributed by atoms with van der Waals surface area (Å²) in [6.07, 6.45) is 0.899. The number of carbonyl (C=O) groups excluding carboxylic acids is 1. The first-order valence-corrected chi connectivity index (χ1v) is 9.97. The lowest BCUT2D eigenvalue weighted by Crippen LogP contribution is -2.43. The van der Waals surface area contributed by atoms with Crippen molar-refractivity contribution in [2.24, 2.45) is 5.92 Å². The molecule has 0 aromatic heterocycles. The molecule has 142 valence electrons. The Hall–Kier alpha value is -2.91. The van der Waals surface area contributed by atoms with Crippen molar-refractivity contribution in [1.29, 1.82) is 0 Å². The summed E-state index contributed by atoms with van der Waals surface area (Å²) in [5, 5.41) is 6.55. The van der Waals surface area contributed by atoms with E-state index >= 15 is 0 Å². The SMILES string of the molecule is O=C(NCc1ccc(-c2ccccc2)cc1)C1CNCC(c2ccccc2)C1. The van der Waals surface area contributed by atoms with E-state index in [0.29, 0.717) is 12.5 Å². The van der Waals surface area contributed by atoms with Crippen LogP contribution in [0.2, 0.25) is 0 Å². The number of carbonyl (C=O) groups is 1. The van der Waals surface area contributed by atoms with Gasteiger partial charge in [-0.05, 0) is 34.6 Å². The van der Waals surface area contributed by atoms with Crippen LogP contribution >= 0.6 is 0 Å². The summed E-state index contributed by atoms with van der Waals surface area (Å²) in [5.41, 5.74) is 4.83. The number of amides is 1. The molecule has 2 N–H and O–H groups in total. The summed E-state index contributed by atoms with van der Waals surface area (Å²) in [7, 11) is 0. The van der Waals surface area contributed by atoms with E-state index in [9.17, 15) is 4.79 Å². The maximum atomic E-state index is 12.7. The first-order valence-electron chi connectivity index (χ1n) is 9.97. The molecule has 1 amide bonds. The van der Waals surface area contributed by atoms with Gasteiger partial charge >= 0.3 is 0 Å². The second kappa shape index (κ2) is 8.85. The first-order chi connectivity index (χ1) is 13.8. The average molecular weight is 370 g/mol. The third-order valence-electron chi connectivity index (χ3n) is 5.52. The minimum absolute atomic E-state index is 0.0162. The molecule has 1 heterocycles. The van der Waals surface area contributed by atoms with Crippen LogP contribution in [0.5, 0.6) is 0 Å². The van der Waals surface area contributed by atoms with E-state index < -0.39 is 0 Å². The first kappa shape index (κ1) is 18.5. The molecule has 0 aliphatic carbocycles. The average Bonchev–Trinajstić information content (AvgIpc) is 2.79. The lowest BCUT2D eigenvalue weighted by Gasteiger charge is -2.29. The van der Waals surface area contributed by atoms with Gasteiger partial charge in [0.05, 0.1) is 5.92 Å². The topological polar surface area (TPSA) is 41.1 Å². The van der Waals surface area contributed by atoms with E-state index in [-0.39, 0.29) is 11.8 Å². The molecule has 3 aromatic rings. The fourth-order valence-corrected chi connectivity index (χ4v) is 3.90. The van der Waals surface area contributed by atoms with Gasteiger partial charge in [-0.2, -0.15) is 0 Å². The molecule has 1 aliphatic heterocycles. The maximum absolute atomic E-state index is 12.7. The van der Waals surface area contributed by atoms with Crippen molar-refractivity contribution < 1.29 is 4.79 Å². The summed E-state index contributed by atoms with van der Waals surface area (Å²) in [4.78, 5) is 12.7. The van der Waals surface area contributed by atoms with E-state index in [1.165, 1.54) is 16.7 Å². The van der Waals surface area contributed by atoms with Crippen molar-refractivity contribution in [2.45, 2.75) is 18.9 Å². The number of benzene rings is 3. The summed E-state index contributed by atoms with van der Waals surface area (Å²) in [6.45, 7) is 2.26. The molecule has 3 nitrogen and oxygen atoms in total. The fraction of sp³-hybridized carbons (Fsp3) is 0.240. The second-order valence-corrected chi connectivity index (χ2v) is 7.48. The molecule has 1 aliphatic rings. The third kappa shape index (κ3) is 4.49. The third-order valence-corrected chi connectivity index (χ3v) is 5.52. The van der Waals surface area contributed by atoms with Crippen LogP contribution in [-0.4, -0.2) is 19.0 Å². The van der Waals surface area contributed by atoms with Crippen molar-refractivity contribution in [2.75, 3.05) is 13.1 Å². The van der Waals surface area contributed by atoms with Crippen LogP contribution in [0.25, 0.3) is 11.1 Å². The molecule has 1 fully saturated rings. The van der Waals surface area contributed by atoms with Crippen LogP contribution < -0.4 is 10.6 Å². The molecule has 2 atom stereocenters. The Balaban J connectivity index is 1.32. The van der Waals surface area contributed by atoms with Gasteiger partial charge < -0.3 is 10.6 Å². The summed E-state index contributed by atoms with van der Waals surface area (Å²) < 4.78 is 0. The number of piperidine rings is 1. The molecule has 1 saturated heterocycles. The van der Waals surface area contributed by atoms with E-state index in [0.717, 1.165) is 25.1 Å². The molecule has 3 aromatic carbocycles. The highest BCUT2D eigenvalue weighted by Crippen LogP contribution is 2.26. The zero-order valence-electron chi connectivity index (χ0n) is 16.0. The molecule has 3 heteroatoms. The molecule has 0 bridgehead atoms. The van der Waals surface area contributed by atoms with Crippen LogP contribution in [0, 0.1) is 5.92 Å². The Labute approximate surface area is 166 Å². The van der Waals surface area contributed by atoms with Gasteiger partial charge in [-0.25, -0.2) is 0 Å². The standard InChI is InChI=1S/C25H26N2O/c28-25(24-15-23(17-26-18-24)21-9-5-2-6-10-21)27-16-19-11-13-22(14-12-19)20-7-3-1-4-8-20/h1-14,23-24,26H,15-18H2,(H,27,28). The molecule has 0 saturated carbocycles. The predicted molar refractivity (Wildman–Crippen MR) is 114 cm³/mol. The zero-order valence-corrected chi connectivity index (χ0v) is 16.0. The Morgan fingerprint density at radius 1 is 0.821 bits per heavy atom. The Morgan fingerprint density at radius 2 is 1.46 bits per heavy atom. The van der Waals surface area contributed by atoms with Gasteiger partial charge in [0, 0.05) is 19.6 Å². The normalized spacial score (nSPS) is 19.1. The highest BCUT2D eigenvalue weighted by atomic mass is 16.1. The minimum atomic E-state index is 0.0162. The van der Waals surface area contributed by atoms with Gasteiger partial charge in [-0.15, -0.1) is 0 Å². The maximum Gasteiger partial charge on any atom is 0.224 e. The van der Waals surface area contributed by atoms with Crippen LogP contribution in [0.1, 0.15) is 23.5 Å². The Kier molecular flexibility index (Phi) is 5.83. The lowest BCUT2D eigenvalue weighted by atomic mass is 9.85. The van der Waals surface area contributed by atoms with Gasteiger partial charge in [-0.1, -0.05) is 84.9 Å². The van der Waals surface area contributed by atoms with Crippen LogP contribution in [0.3, 0.4) is 0 Å². The van der Waals surface area contributed by atoms with Crippen molar-refractivity contribution in [3.8, 4) is 11.1 Å². The fourth-order valence-electron chi connectivity index (χ4n) is 3.90. The summed E-state index contributed by atoms with van der Waals surface area (Å²) >= 11 is 0. The number of rotatable bonds is 5. The van der Waals surface area contributed by atoms with Crippen molar-refractivity contribution in [3.05, 3.63) is 96.1 Å². The molecule has 4 rings (SSSR count). The highest BCUT2D eigenvalue weighted by molar-refractivity contribution is 5.79. The number of hydrogen-bond donors (Lipinski definition) is 2. The quantitative estimate of drug-likeness (QED) is 0.700. The van der Waals surface area contributed by atoms with E-state index in [2.05, 4.69) is 71.3 Å². The van der Waals surface area contributed by atoms with E-state index in [1.54, 1.807) is 0 Å². The largest absolute Gasteiger partial charge is 0.352 e. The molecular formula is C25H26N2O. The van der Waals surface area contributed by atoms with Crippen molar-refractivity contribution in [1.82, 2.24) is 10.6 Å². The van der Waals surface area contributed by atoms with Crippen molar-refractivity contribution in [3.63, 3.8) is 0 Å². The van der Waals surface area contributed by atoms with Gasteiger partial charge in [0.25, 0.3) is 0 Å². The van der Waals surface area contributed by atoms with Gasteiger partial charge in [0.1, 0.15) is 0 Å². The molecule has 0 spiro atoms. The van der Waals surface area contributed by atoms with Gasteiger partial charge in [0.2, 0.25) is 5.91 Å². The number of hydrogen-bond acceptors (Lipinski definition) is 2. The highest BCUT2D eigenvalue weighted by Gasteiger charge is 2.27. The van der Waals surface area contributed by atoms with Gasteiger partial charge in [0.15, 0.2) is 0 Å². The van der Waals surface area contributed by atoms with Crippen LogP contribution in [0.15, 0.2) is 84.9 Å². The Morgan fingerprint density at radius 3 is 2.18 bits per heavy atom. The van der Waals surface area contributed by atoms with Crippen LogP contribution in [-0.2, 0) is 11.3 Å². The molecule has 28 heavy (non-hydrogen) atoms. The summed E-state index contributed by atoms with van der Waals surface area (Å²) in [6, 6.07) is 29.2.